The van der Waals surface area contributed by atoms with Gasteiger partial charge in [-0.05, 0) is 23.5 Å². The molecule has 1 saturated carbocycles. The standard InChI is InChI=1S/C16H19NO3/c1-16(2)11-9-17(13(12(11)16)15(19)20-3)14(18)10-7-5-4-6-8-10/h4-8,11-13H,9H2,1-3H3/t11-,12-,13-/m0/s1. The van der Waals surface area contributed by atoms with E-state index in [0.717, 1.165) is 0 Å². The predicted molar refractivity (Wildman–Crippen MR) is 74.0 cm³/mol. The Hall–Kier alpha value is -1.84. The fraction of sp³-hybridized carbons (Fsp3) is 0.500. The van der Waals surface area contributed by atoms with Gasteiger partial charge in [-0.3, -0.25) is 4.79 Å². The van der Waals surface area contributed by atoms with E-state index in [9.17, 15) is 9.59 Å². The quantitative estimate of drug-likeness (QED) is 0.774. The van der Waals surface area contributed by atoms with Crippen LogP contribution in [0, 0.1) is 17.3 Å². The number of rotatable bonds is 2. The molecule has 3 atom stereocenters. The average Bonchev–Trinajstić information content (AvgIpc) is 2.83. The number of fused-ring (bicyclic) bond motifs is 1. The minimum Gasteiger partial charge on any atom is -0.467 e. The molecule has 106 valence electrons. The minimum atomic E-state index is -0.437. The molecule has 4 nitrogen and oxygen atoms in total. The number of amides is 1. The molecule has 4 heteroatoms. The first-order valence-electron chi connectivity index (χ1n) is 6.92. The first-order chi connectivity index (χ1) is 9.48. The van der Waals surface area contributed by atoms with Crippen molar-refractivity contribution in [2.24, 2.45) is 17.3 Å². The monoisotopic (exact) mass is 273 g/mol. The number of esters is 1. The van der Waals surface area contributed by atoms with Crippen molar-refractivity contribution in [2.45, 2.75) is 19.9 Å². The van der Waals surface area contributed by atoms with E-state index in [-0.39, 0.29) is 23.2 Å². The lowest BCUT2D eigenvalue weighted by atomic mass is 10.0. The zero-order valence-electron chi connectivity index (χ0n) is 12.0. The van der Waals surface area contributed by atoms with Crippen molar-refractivity contribution in [1.29, 1.82) is 0 Å². The van der Waals surface area contributed by atoms with Crippen LogP contribution in [-0.2, 0) is 9.53 Å². The van der Waals surface area contributed by atoms with Crippen molar-refractivity contribution in [2.75, 3.05) is 13.7 Å². The van der Waals surface area contributed by atoms with E-state index in [1.807, 2.05) is 18.2 Å². The van der Waals surface area contributed by atoms with Crippen LogP contribution in [0.3, 0.4) is 0 Å². The van der Waals surface area contributed by atoms with Crippen molar-refractivity contribution in [3.05, 3.63) is 35.9 Å². The van der Waals surface area contributed by atoms with Crippen LogP contribution in [-0.4, -0.2) is 36.5 Å². The number of ether oxygens (including phenoxy) is 1. The molecule has 1 aromatic carbocycles. The summed E-state index contributed by atoms with van der Waals surface area (Å²) in [7, 11) is 1.39. The van der Waals surface area contributed by atoms with Crippen molar-refractivity contribution >= 4 is 11.9 Å². The lowest BCUT2D eigenvalue weighted by Crippen LogP contribution is -2.45. The summed E-state index contributed by atoms with van der Waals surface area (Å²) in [4.78, 5) is 26.3. The Labute approximate surface area is 118 Å². The molecule has 20 heavy (non-hydrogen) atoms. The van der Waals surface area contributed by atoms with Crippen molar-refractivity contribution in [1.82, 2.24) is 4.90 Å². The molecule has 2 aliphatic rings. The number of likely N-dealkylation sites (tertiary alicyclic amines) is 1. The van der Waals surface area contributed by atoms with Gasteiger partial charge in [-0.1, -0.05) is 32.0 Å². The second kappa shape index (κ2) is 4.33. The van der Waals surface area contributed by atoms with E-state index in [2.05, 4.69) is 13.8 Å². The second-order valence-corrected chi connectivity index (χ2v) is 6.25. The number of benzene rings is 1. The van der Waals surface area contributed by atoms with E-state index in [1.165, 1.54) is 7.11 Å². The molecule has 1 saturated heterocycles. The van der Waals surface area contributed by atoms with Crippen molar-refractivity contribution in [3.63, 3.8) is 0 Å². The molecular formula is C16H19NO3. The van der Waals surface area contributed by atoms with Crippen LogP contribution >= 0.6 is 0 Å². The maximum Gasteiger partial charge on any atom is 0.328 e. The minimum absolute atomic E-state index is 0.0796. The largest absolute Gasteiger partial charge is 0.467 e. The number of carbonyl (C=O) groups is 2. The molecule has 0 N–H and O–H groups in total. The smallest absolute Gasteiger partial charge is 0.328 e. The highest BCUT2D eigenvalue weighted by molar-refractivity contribution is 5.97. The molecule has 0 unspecified atom stereocenters. The van der Waals surface area contributed by atoms with Gasteiger partial charge in [0.2, 0.25) is 0 Å². The SMILES string of the molecule is COC(=O)[C@@H]1[C@@H]2[C@H](CN1C(=O)c1ccccc1)C2(C)C. The van der Waals surface area contributed by atoms with Gasteiger partial charge in [-0.25, -0.2) is 4.79 Å². The summed E-state index contributed by atoms with van der Waals surface area (Å²) in [6.07, 6.45) is 0. The Balaban J connectivity index is 1.87. The van der Waals surface area contributed by atoms with E-state index in [0.29, 0.717) is 18.0 Å². The van der Waals surface area contributed by atoms with Crippen LogP contribution in [0.2, 0.25) is 0 Å². The normalized spacial score (nSPS) is 29.8. The zero-order chi connectivity index (χ0) is 14.5. The van der Waals surface area contributed by atoms with E-state index in [1.54, 1.807) is 17.0 Å². The van der Waals surface area contributed by atoms with Gasteiger partial charge in [0, 0.05) is 18.0 Å². The van der Waals surface area contributed by atoms with E-state index in [4.69, 9.17) is 4.74 Å². The first-order valence-corrected chi connectivity index (χ1v) is 6.92. The number of methoxy groups -OCH3 is 1. The molecule has 1 aliphatic heterocycles. The molecule has 2 fully saturated rings. The number of nitrogens with zero attached hydrogens (tertiary/aromatic N) is 1. The van der Waals surface area contributed by atoms with Crippen LogP contribution in [0.4, 0.5) is 0 Å². The highest BCUT2D eigenvalue weighted by Crippen LogP contribution is 2.65. The molecule has 0 aromatic heterocycles. The Bertz CT molecular complexity index is 552. The summed E-state index contributed by atoms with van der Waals surface area (Å²) in [5, 5.41) is 0. The van der Waals surface area contributed by atoms with Crippen LogP contribution in [0.1, 0.15) is 24.2 Å². The van der Waals surface area contributed by atoms with E-state index >= 15 is 0 Å². The van der Waals surface area contributed by atoms with Crippen LogP contribution in [0.15, 0.2) is 30.3 Å². The topological polar surface area (TPSA) is 46.6 Å². The molecule has 1 aliphatic carbocycles. The summed E-state index contributed by atoms with van der Waals surface area (Å²) in [6, 6.07) is 8.67. The third-order valence-electron chi connectivity index (χ3n) is 4.93. The van der Waals surface area contributed by atoms with Crippen molar-refractivity contribution in [3.8, 4) is 0 Å². The van der Waals surface area contributed by atoms with Crippen molar-refractivity contribution < 1.29 is 14.3 Å². The summed E-state index contributed by atoms with van der Waals surface area (Å²) >= 11 is 0. The van der Waals surface area contributed by atoms with Crippen LogP contribution < -0.4 is 0 Å². The van der Waals surface area contributed by atoms with Gasteiger partial charge < -0.3 is 9.64 Å². The third-order valence-corrected chi connectivity index (χ3v) is 4.93. The van der Waals surface area contributed by atoms with Gasteiger partial charge in [0.05, 0.1) is 7.11 Å². The molecule has 3 rings (SSSR count). The maximum absolute atomic E-state index is 12.6. The second-order valence-electron chi connectivity index (χ2n) is 6.25. The Morgan fingerprint density at radius 2 is 1.90 bits per heavy atom. The molecular weight excluding hydrogens is 254 g/mol. The predicted octanol–water partition coefficient (Wildman–Crippen LogP) is 1.96. The summed E-state index contributed by atoms with van der Waals surface area (Å²) in [5.74, 6) is 0.248. The lowest BCUT2D eigenvalue weighted by Gasteiger charge is -2.29. The summed E-state index contributed by atoms with van der Waals surface area (Å²) in [6.45, 7) is 4.95. The fourth-order valence-corrected chi connectivity index (χ4v) is 3.63. The highest BCUT2D eigenvalue weighted by atomic mass is 16.5. The molecule has 1 aromatic rings. The van der Waals surface area contributed by atoms with Gasteiger partial charge in [0.1, 0.15) is 6.04 Å². The summed E-state index contributed by atoms with van der Waals surface area (Å²) in [5.41, 5.74) is 0.757. The third kappa shape index (κ3) is 1.74. The molecule has 0 spiro atoms. The van der Waals surface area contributed by atoms with Crippen LogP contribution in [0.25, 0.3) is 0 Å². The number of carbonyl (C=O) groups excluding carboxylic acids is 2. The maximum atomic E-state index is 12.6. The Kier molecular flexibility index (Phi) is 2.85. The fourth-order valence-electron chi connectivity index (χ4n) is 3.63. The van der Waals surface area contributed by atoms with Gasteiger partial charge >= 0.3 is 5.97 Å². The highest BCUT2D eigenvalue weighted by Gasteiger charge is 2.69. The van der Waals surface area contributed by atoms with Gasteiger partial charge in [-0.15, -0.1) is 0 Å². The summed E-state index contributed by atoms with van der Waals surface area (Å²) < 4.78 is 4.91. The number of hydrogen-bond donors (Lipinski definition) is 0. The average molecular weight is 273 g/mol. The van der Waals surface area contributed by atoms with Crippen LogP contribution in [0.5, 0.6) is 0 Å². The first kappa shape index (κ1) is 13.2. The molecule has 0 radical (unpaired) electrons. The molecule has 1 heterocycles. The van der Waals surface area contributed by atoms with Gasteiger partial charge in [0.15, 0.2) is 0 Å². The lowest BCUT2D eigenvalue weighted by molar-refractivity contribution is -0.146. The number of piperidine rings is 1. The van der Waals surface area contributed by atoms with Gasteiger partial charge in [-0.2, -0.15) is 0 Å². The Morgan fingerprint density at radius 3 is 2.50 bits per heavy atom. The number of hydrogen-bond acceptors (Lipinski definition) is 3. The van der Waals surface area contributed by atoms with Gasteiger partial charge in [0.25, 0.3) is 5.91 Å². The molecule has 0 bridgehead atoms. The zero-order valence-corrected chi connectivity index (χ0v) is 12.0. The van der Waals surface area contributed by atoms with E-state index < -0.39 is 6.04 Å². The molecule has 1 amide bonds. The Morgan fingerprint density at radius 1 is 1.25 bits per heavy atom.